The van der Waals surface area contributed by atoms with Crippen molar-refractivity contribution in [2.24, 2.45) is 0 Å². The molecule has 2 aromatic carbocycles. The first-order chi connectivity index (χ1) is 17.6. The average molecular weight is 520 g/mol. The molecule has 1 aliphatic rings. The first kappa shape index (κ1) is 24.3. The summed E-state index contributed by atoms with van der Waals surface area (Å²) in [5, 5.41) is 5.74. The second-order valence-electron chi connectivity index (χ2n) is 8.09. The van der Waals surface area contributed by atoms with Crippen molar-refractivity contribution in [1.29, 1.82) is 0 Å². The van der Waals surface area contributed by atoms with Crippen LogP contribution in [0.4, 0.5) is 0 Å². The highest BCUT2D eigenvalue weighted by Gasteiger charge is 2.32. The minimum atomic E-state index is -0.105. The molecule has 1 fully saturated rings. The number of nitrogens with zero attached hydrogens (tertiary/aromatic N) is 3. The molecule has 0 radical (unpaired) electrons. The van der Waals surface area contributed by atoms with Crippen molar-refractivity contribution in [3.8, 4) is 22.9 Å². The predicted molar refractivity (Wildman–Crippen MR) is 146 cm³/mol. The van der Waals surface area contributed by atoms with Crippen molar-refractivity contribution in [2.45, 2.75) is 13.3 Å². The Balaban J connectivity index is 1.54. The Morgan fingerprint density at radius 1 is 1.17 bits per heavy atom. The van der Waals surface area contributed by atoms with Crippen LogP contribution in [0.1, 0.15) is 18.9 Å². The van der Waals surface area contributed by atoms with Crippen LogP contribution in [0.25, 0.3) is 34.2 Å². The molecule has 184 valence electrons. The first-order valence-electron chi connectivity index (χ1n) is 11.6. The van der Waals surface area contributed by atoms with E-state index in [1.165, 1.54) is 11.8 Å². The molecule has 7 nitrogen and oxygen atoms in total. The molecular weight excluding hydrogens is 494 g/mol. The van der Waals surface area contributed by atoms with Gasteiger partial charge in [0.2, 0.25) is 0 Å². The van der Waals surface area contributed by atoms with E-state index in [1.54, 1.807) is 16.7 Å². The molecule has 5 rings (SSSR count). The van der Waals surface area contributed by atoms with Gasteiger partial charge in [-0.2, -0.15) is 5.10 Å². The van der Waals surface area contributed by atoms with Gasteiger partial charge in [0, 0.05) is 36.9 Å². The predicted octanol–water partition coefficient (Wildman–Crippen LogP) is 5.92. The van der Waals surface area contributed by atoms with Crippen molar-refractivity contribution in [1.82, 2.24) is 14.7 Å². The summed E-state index contributed by atoms with van der Waals surface area (Å²) in [4.78, 5) is 15.4. The Morgan fingerprint density at radius 3 is 2.78 bits per heavy atom. The third kappa shape index (κ3) is 4.82. The number of methoxy groups -OCH3 is 1. The number of carbonyl (C=O) groups is 1. The number of fused-ring (bicyclic) bond motifs is 1. The maximum atomic E-state index is 13.2. The van der Waals surface area contributed by atoms with E-state index in [1.807, 2.05) is 73.8 Å². The van der Waals surface area contributed by atoms with Gasteiger partial charge in [0.1, 0.15) is 10.0 Å². The number of furan rings is 1. The number of para-hydroxylation sites is 2. The number of benzene rings is 2. The molecule has 4 aromatic rings. The van der Waals surface area contributed by atoms with Gasteiger partial charge in [0.25, 0.3) is 5.91 Å². The second kappa shape index (κ2) is 10.7. The average Bonchev–Trinajstić information content (AvgIpc) is 3.58. The summed E-state index contributed by atoms with van der Waals surface area (Å²) in [5.74, 6) is 1.13. The van der Waals surface area contributed by atoms with Crippen LogP contribution in [0.2, 0.25) is 0 Å². The van der Waals surface area contributed by atoms with E-state index in [2.05, 4.69) is 0 Å². The molecule has 1 amide bonds. The second-order valence-corrected chi connectivity index (χ2v) is 9.76. The van der Waals surface area contributed by atoms with E-state index in [9.17, 15) is 4.79 Å². The van der Waals surface area contributed by atoms with E-state index in [-0.39, 0.29) is 5.91 Å². The Morgan fingerprint density at radius 2 is 2.00 bits per heavy atom. The van der Waals surface area contributed by atoms with Crippen LogP contribution in [0.5, 0.6) is 5.75 Å². The quantitative estimate of drug-likeness (QED) is 0.154. The molecule has 1 aliphatic heterocycles. The number of rotatable bonds is 9. The van der Waals surface area contributed by atoms with Gasteiger partial charge in [-0.05, 0) is 43.7 Å². The van der Waals surface area contributed by atoms with Crippen LogP contribution in [-0.2, 0) is 9.53 Å². The first-order valence-corrected chi connectivity index (χ1v) is 12.9. The van der Waals surface area contributed by atoms with Crippen molar-refractivity contribution < 1.29 is 18.7 Å². The number of hydrogen-bond acceptors (Lipinski definition) is 7. The fourth-order valence-corrected chi connectivity index (χ4v) is 5.31. The number of thioether (sulfide) groups is 1. The lowest BCUT2D eigenvalue weighted by Crippen LogP contribution is -2.29. The molecule has 1 saturated heterocycles. The number of ether oxygens (including phenoxy) is 2. The van der Waals surface area contributed by atoms with Crippen LogP contribution < -0.4 is 4.74 Å². The van der Waals surface area contributed by atoms with Crippen LogP contribution in [0.15, 0.2) is 70.1 Å². The van der Waals surface area contributed by atoms with Crippen LogP contribution in [-0.4, -0.2) is 51.8 Å². The summed E-state index contributed by atoms with van der Waals surface area (Å²) in [6, 6.07) is 17.5. The maximum absolute atomic E-state index is 13.2. The van der Waals surface area contributed by atoms with Gasteiger partial charge in [-0.15, -0.1) is 0 Å². The van der Waals surface area contributed by atoms with Gasteiger partial charge in [0.05, 0.1) is 17.7 Å². The number of hydrogen-bond donors (Lipinski definition) is 0. The SMILES string of the molecule is CCOCCCN1C(=O)C(=Cc2cn(-c3ccccc3)nc2-c2cc3cccc(OC)c3o2)SC1=S. The molecule has 0 bridgehead atoms. The minimum absolute atomic E-state index is 0.105. The van der Waals surface area contributed by atoms with E-state index >= 15 is 0 Å². The van der Waals surface area contributed by atoms with Crippen molar-refractivity contribution in [2.75, 3.05) is 26.9 Å². The van der Waals surface area contributed by atoms with Gasteiger partial charge in [0.15, 0.2) is 17.1 Å². The van der Waals surface area contributed by atoms with Gasteiger partial charge in [-0.25, -0.2) is 4.68 Å². The number of aromatic nitrogens is 2. The van der Waals surface area contributed by atoms with E-state index < -0.39 is 0 Å². The molecule has 36 heavy (non-hydrogen) atoms. The molecule has 0 N–H and O–H groups in total. The van der Waals surface area contributed by atoms with Gasteiger partial charge in [-0.3, -0.25) is 9.69 Å². The highest BCUT2D eigenvalue weighted by molar-refractivity contribution is 8.26. The highest BCUT2D eigenvalue weighted by atomic mass is 32.2. The molecule has 3 heterocycles. The molecular formula is C27H25N3O4S2. The standard InChI is InChI=1S/C27H25N3O4S2/c1-3-33-14-8-13-29-26(31)23(36-27(29)35)16-19-17-30(20-10-5-4-6-11-20)28-24(19)22-15-18-9-7-12-21(32-2)25(18)34-22/h4-7,9-12,15-17H,3,8,13-14H2,1-2H3. The number of amides is 1. The third-order valence-corrected chi connectivity index (χ3v) is 7.14. The fourth-order valence-electron chi connectivity index (χ4n) is 4.01. The van der Waals surface area contributed by atoms with Gasteiger partial charge >= 0.3 is 0 Å². The van der Waals surface area contributed by atoms with Crippen LogP contribution in [0.3, 0.4) is 0 Å². The summed E-state index contributed by atoms with van der Waals surface area (Å²) >= 11 is 6.80. The van der Waals surface area contributed by atoms with E-state index in [0.29, 0.717) is 51.8 Å². The molecule has 9 heteroatoms. The summed E-state index contributed by atoms with van der Waals surface area (Å²) in [6.07, 6.45) is 4.47. The molecule has 0 unspecified atom stereocenters. The van der Waals surface area contributed by atoms with E-state index in [4.69, 9.17) is 31.2 Å². The summed E-state index contributed by atoms with van der Waals surface area (Å²) in [6.45, 7) is 3.73. The zero-order chi connectivity index (χ0) is 25.1. The smallest absolute Gasteiger partial charge is 0.266 e. The highest BCUT2D eigenvalue weighted by Crippen LogP contribution is 2.37. The van der Waals surface area contributed by atoms with Crippen LogP contribution >= 0.6 is 24.0 Å². The van der Waals surface area contributed by atoms with E-state index in [0.717, 1.165) is 23.1 Å². The zero-order valence-corrected chi connectivity index (χ0v) is 21.6. The summed E-state index contributed by atoms with van der Waals surface area (Å²) in [5.41, 5.74) is 2.93. The molecule has 2 aromatic heterocycles. The lowest BCUT2D eigenvalue weighted by Gasteiger charge is -2.13. The molecule has 0 aliphatic carbocycles. The fraction of sp³-hybridized carbons (Fsp3) is 0.222. The maximum Gasteiger partial charge on any atom is 0.266 e. The minimum Gasteiger partial charge on any atom is -0.493 e. The largest absolute Gasteiger partial charge is 0.493 e. The lowest BCUT2D eigenvalue weighted by molar-refractivity contribution is -0.122. The van der Waals surface area contributed by atoms with Crippen molar-refractivity contribution in [3.05, 3.63) is 71.3 Å². The Kier molecular flexibility index (Phi) is 7.22. The number of carbonyl (C=O) groups excluding carboxylic acids is 1. The summed E-state index contributed by atoms with van der Waals surface area (Å²) < 4.78 is 19.4. The number of thiocarbonyl (C=S) groups is 1. The Bertz CT molecular complexity index is 1440. The Labute approximate surface area is 218 Å². The normalized spacial score (nSPS) is 14.9. The molecule has 0 saturated carbocycles. The third-order valence-electron chi connectivity index (χ3n) is 5.76. The van der Waals surface area contributed by atoms with Crippen molar-refractivity contribution >= 4 is 51.3 Å². The topological polar surface area (TPSA) is 69.7 Å². The molecule has 0 atom stereocenters. The zero-order valence-electron chi connectivity index (χ0n) is 20.0. The van der Waals surface area contributed by atoms with Crippen LogP contribution in [0, 0.1) is 0 Å². The lowest BCUT2D eigenvalue weighted by atomic mass is 10.1. The van der Waals surface area contributed by atoms with Gasteiger partial charge in [-0.1, -0.05) is 54.3 Å². The molecule has 0 spiro atoms. The Hall–Kier alpha value is -3.40. The monoisotopic (exact) mass is 519 g/mol. The van der Waals surface area contributed by atoms with Crippen molar-refractivity contribution in [3.63, 3.8) is 0 Å². The van der Waals surface area contributed by atoms with Gasteiger partial charge < -0.3 is 13.9 Å². The summed E-state index contributed by atoms with van der Waals surface area (Å²) in [7, 11) is 1.61.